The van der Waals surface area contributed by atoms with Crippen LogP contribution in [-0.4, -0.2) is 66.2 Å². The molecule has 210 valence electrons. The van der Waals surface area contributed by atoms with Crippen LogP contribution in [0.1, 0.15) is 56.6 Å². The van der Waals surface area contributed by atoms with Crippen molar-refractivity contribution in [2.24, 2.45) is 7.05 Å². The SMILES string of the molecule is C=S(=O)(c1nn(C)cc1Nc1nc(Nc2cc(C)c(C3CCCN(C)C3)cc2OC2CC2)ncc1Cl)C(C)C. The van der Waals surface area contributed by atoms with Crippen LogP contribution in [0.5, 0.6) is 5.75 Å². The Morgan fingerprint density at radius 2 is 1.95 bits per heavy atom. The van der Waals surface area contributed by atoms with Crippen molar-refractivity contribution >= 4 is 50.1 Å². The molecule has 0 spiro atoms. The molecular formula is C28H38ClN7O2S. The summed E-state index contributed by atoms with van der Waals surface area (Å²) in [5.74, 6) is 6.02. The number of aryl methyl sites for hydroxylation is 2. The molecule has 0 bridgehead atoms. The third kappa shape index (κ3) is 6.18. The predicted octanol–water partition coefficient (Wildman–Crippen LogP) is 5.49. The Bertz CT molecular complexity index is 1470. The van der Waals surface area contributed by atoms with Crippen LogP contribution in [0.15, 0.2) is 29.6 Å². The normalized spacial score (nSPS) is 19.6. The Labute approximate surface area is 236 Å². The smallest absolute Gasteiger partial charge is 0.229 e. The van der Waals surface area contributed by atoms with Gasteiger partial charge in [0.15, 0.2) is 10.8 Å². The van der Waals surface area contributed by atoms with Gasteiger partial charge in [0.1, 0.15) is 10.8 Å². The maximum atomic E-state index is 13.3. The summed E-state index contributed by atoms with van der Waals surface area (Å²) >= 11 is 6.48. The van der Waals surface area contributed by atoms with Gasteiger partial charge in [0, 0.05) is 34.6 Å². The molecule has 1 aromatic carbocycles. The molecule has 2 fully saturated rings. The fourth-order valence-electron chi connectivity index (χ4n) is 4.92. The van der Waals surface area contributed by atoms with Crippen LogP contribution in [0.4, 0.5) is 23.1 Å². The second kappa shape index (κ2) is 11.0. The lowest BCUT2D eigenvalue weighted by atomic mass is 9.87. The van der Waals surface area contributed by atoms with Crippen LogP contribution < -0.4 is 15.4 Å². The van der Waals surface area contributed by atoms with Crippen LogP contribution in [0.2, 0.25) is 5.02 Å². The van der Waals surface area contributed by atoms with Crippen LogP contribution in [-0.2, 0) is 16.6 Å². The fraction of sp³-hybridized carbons (Fsp3) is 0.500. The molecule has 3 heterocycles. The van der Waals surface area contributed by atoms with E-state index in [1.54, 1.807) is 24.1 Å². The first-order valence-corrected chi connectivity index (χ1v) is 15.6. The molecule has 2 N–H and O–H groups in total. The Balaban J connectivity index is 1.44. The summed E-state index contributed by atoms with van der Waals surface area (Å²) in [6.07, 6.45) is 8.07. The standard InChI is InChI=1S/C28H38ClN7O2S/c1-17(2)39(6,37)27-24(16-36(5)34-27)31-26-22(29)14-30-28(33-26)32-23-12-18(3)21(13-25(23)38-20-9-10-20)19-8-7-11-35(4)15-19/h12-14,16-17,19-20H,6-11,15H2,1-5H3,(H2,30,31,32,33). The summed E-state index contributed by atoms with van der Waals surface area (Å²) in [6, 6.07) is 4.33. The fourth-order valence-corrected chi connectivity index (χ4v) is 6.25. The van der Waals surface area contributed by atoms with Gasteiger partial charge in [-0.3, -0.25) is 8.89 Å². The van der Waals surface area contributed by atoms with Crippen LogP contribution >= 0.6 is 11.6 Å². The molecule has 2 aliphatic rings. The number of aromatic nitrogens is 4. The highest BCUT2D eigenvalue weighted by Gasteiger charge is 2.28. The molecule has 2 unspecified atom stereocenters. The van der Waals surface area contributed by atoms with Crippen LogP contribution in [0.25, 0.3) is 0 Å². The number of likely N-dealkylation sites (N-methyl/N-ethyl adjacent to an activating group) is 1. The number of likely N-dealkylation sites (tertiary alicyclic amines) is 1. The molecule has 1 saturated heterocycles. The average Bonchev–Trinajstić information content (AvgIpc) is 3.61. The molecule has 2 atom stereocenters. The number of anilines is 4. The van der Waals surface area contributed by atoms with E-state index in [0.29, 0.717) is 33.4 Å². The second-order valence-electron chi connectivity index (χ2n) is 11.1. The number of nitrogens with one attached hydrogen (secondary N) is 2. The Morgan fingerprint density at radius 3 is 2.64 bits per heavy atom. The maximum absolute atomic E-state index is 13.3. The van der Waals surface area contributed by atoms with E-state index in [0.717, 1.165) is 37.4 Å². The Kier molecular flexibility index (Phi) is 7.81. The highest BCUT2D eigenvalue weighted by Crippen LogP contribution is 2.39. The topological polar surface area (TPSA) is 97.2 Å². The molecule has 0 radical (unpaired) electrons. The highest BCUT2D eigenvalue weighted by molar-refractivity contribution is 8.00. The molecule has 1 aliphatic carbocycles. The first kappa shape index (κ1) is 27.7. The third-order valence-electron chi connectivity index (χ3n) is 7.38. The van der Waals surface area contributed by atoms with Crippen LogP contribution in [0, 0.1) is 6.92 Å². The van der Waals surface area contributed by atoms with Crippen LogP contribution in [0.3, 0.4) is 0 Å². The predicted molar refractivity (Wildman–Crippen MR) is 160 cm³/mol. The summed E-state index contributed by atoms with van der Waals surface area (Å²) in [5, 5.41) is 11.5. The van der Waals surface area contributed by atoms with Gasteiger partial charge in [0.2, 0.25) is 5.95 Å². The van der Waals surface area contributed by atoms with E-state index in [9.17, 15) is 4.21 Å². The molecule has 2 aromatic heterocycles. The zero-order valence-corrected chi connectivity index (χ0v) is 24.9. The minimum Gasteiger partial charge on any atom is -0.488 e. The molecule has 11 heteroatoms. The molecule has 9 nitrogen and oxygen atoms in total. The first-order chi connectivity index (χ1) is 18.5. The lowest BCUT2D eigenvalue weighted by Crippen LogP contribution is -2.31. The van der Waals surface area contributed by atoms with E-state index in [1.165, 1.54) is 24.0 Å². The maximum Gasteiger partial charge on any atom is 0.229 e. The zero-order chi connectivity index (χ0) is 27.9. The molecule has 5 rings (SSSR count). The number of hydrogen-bond acceptors (Lipinski definition) is 8. The van der Waals surface area contributed by atoms with Gasteiger partial charge in [0.25, 0.3) is 0 Å². The average molecular weight is 572 g/mol. The largest absolute Gasteiger partial charge is 0.488 e. The van der Waals surface area contributed by atoms with Crippen molar-refractivity contribution in [2.75, 3.05) is 30.8 Å². The number of hydrogen-bond donors (Lipinski definition) is 2. The lowest BCUT2D eigenvalue weighted by Gasteiger charge is -2.31. The van der Waals surface area contributed by atoms with Crippen molar-refractivity contribution in [1.29, 1.82) is 0 Å². The first-order valence-electron chi connectivity index (χ1n) is 13.5. The summed E-state index contributed by atoms with van der Waals surface area (Å²) in [7, 11) is 1.34. The van der Waals surface area contributed by atoms with E-state index in [4.69, 9.17) is 16.3 Å². The highest BCUT2D eigenvalue weighted by atomic mass is 35.5. The van der Waals surface area contributed by atoms with Crippen molar-refractivity contribution in [2.45, 2.75) is 68.8 Å². The molecule has 0 amide bonds. The molecule has 1 aliphatic heterocycles. The number of piperidine rings is 1. The van der Waals surface area contributed by atoms with Gasteiger partial charge in [-0.25, -0.2) is 4.98 Å². The van der Waals surface area contributed by atoms with E-state index >= 15 is 0 Å². The molecular weight excluding hydrogens is 534 g/mol. The minimum absolute atomic E-state index is 0.184. The van der Waals surface area contributed by atoms with Gasteiger partial charge in [0.05, 0.1) is 23.7 Å². The van der Waals surface area contributed by atoms with E-state index in [1.807, 2.05) is 13.8 Å². The lowest BCUT2D eigenvalue weighted by molar-refractivity contribution is 0.249. The van der Waals surface area contributed by atoms with E-state index < -0.39 is 9.52 Å². The van der Waals surface area contributed by atoms with Crippen molar-refractivity contribution in [3.63, 3.8) is 0 Å². The van der Waals surface area contributed by atoms with E-state index in [-0.39, 0.29) is 11.4 Å². The second-order valence-corrected chi connectivity index (χ2v) is 14.2. The van der Waals surface area contributed by atoms with E-state index in [2.05, 4.69) is 62.6 Å². The summed E-state index contributed by atoms with van der Waals surface area (Å²) < 4.78 is 21.3. The number of rotatable bonds is 9. The van der Waals surface area contributed by atoms with Crippen molar-refractivity contribution < 1.29 is 8.95 Å². The zero-order valence-electron chi connectivity index (χ0n) is 23.3. The summed E-state index contributed by atoms with van der Waals surface area (Å²) in [5.41, 5.74) is 3.93. The van der Waals surface area contributed by atoms with Gasteiger partial charge in [-0.2, -0.15) is 10.1 Å². The van der Waals surface area contributed by atoms with Gasteiger partial charge < -0.3 is 20.3 Å². The number of benzene rings is 1. The van der Waals surface area contributed by atoms with Crippen molar-refractivity contribution in [3.05, 3.63) is 40.7 Å². The summed E-state index contributed by atoms with van der Waals surface area (Å²) in [4.78, 5) is 11.5. The quantitative estimate of drug-likeness (QED) is 0.325. The minimum atomic E-state index is -2.63. The number of ether oxygens (including phenoxy) is 1. The monoisotopic (exact) mass is 571 g/mol. The Hall–Kier alpha value is -2.82. The van der Waals surface area contributed by atoms with Gasteiger partial charge in [-0.05, 0) is 81.2 Å². The molecule has 39 heavy (non-hydrogen) atoms. The number of halogens is 1. The Morgan fingerprint density at radius 1 is 1.18 bits per heavy atom. The summed E-state index contributed by atoms with van der Waals surface area (Å²) in [6.45, 7) is 8.09. The molecule has 1 saturated carbocycles. The van der Waals surface area contributed by atoms with Crippen molar-refractivity contribution in [3.8, 4) is 5.75 Å². The van der Waals surface area contributed by atoms with Gasteiger partial charge in [-0.15, -0.1) is 0 Å². The third-order valence-corrected chi connectivity index (χ3v) is 10.1. The van der Waals surface area contributed by atoms with Crippen molar-refractivity contribution in [1.82, 2.24) is 24.6 Å². The number of nitrogens with zero attached hydrogens (tertiary/aromatic N) is 5. The molecule has 3 aromatic rings. The van der Waals surface area contributed by atoms with Gasteiger partial charge >= 0.3 is 0 Å². The van der Waals surface area contributed by atoms with Gasteiger partial charge in [-0.1, -0.05) is 25.4 Å².